The summed E-state index contributed by atoms with van der Waals surface area (Å²) in [4.78, 5) is 21.0. The molecule has 8 heteroatoms. The molecule has 3 aromatic rings. The minimum Gasteiger partial charge on any atom is -0.325 e. The number of nitrogens with one attached hydrogen (secondary N) is 1. The molecule has 0 aliphatic carbocycles. The number of benzene rings is 1. The molecule has 0 aliphatic rings. The molecule has 0 saturated heterocycles. The van der Waals surface area contributed by atoms with Crippen LogP contribution < -0.4 is 5.32 Å². The molecule has 1 aromatic carbocycles. The first-order valence-electron chi connectivity index (χ1n) is 7.79. The van der Waals surface area contributed by atoms with Gasteiger partial charge in [0.1, 0.15) is 5.82 Å². The van der Waals surface area contributed by atoms with Gasteiger partial charge in [0, 0.05) is 22.8 Å². The van der Waals surface area contributed by atoms with Crippen molar-refractivity contribution < 1.29 is 4.79 Å². The Labute approximate surface area is 155 Å². The molecule has 1 N–H and O–H groups in total. The molecule has 2 aromatic heterocycles. The van der Waals surface area contributed by atoms with E-state index in [1.807, 2.05) is 20.8 Å². The van der Waals surface area contributed by atoms with Crippen LogP contribution in [0.3, 0.4) is 0 Å². The van der Waals surface area contributed by atoms with E-state index in [2.05, 4.69) is 20.4 Å². The third kappa shape index (κ3) is 3.75. The number of rotatable bonds is 4. The van der Waals surface area contributed by atoms with E-state index < -0.39 is 0 Å². The van der Waals surface area contributed by atoms with E-state index in [-0.39, 0.29) is 5.91 Å². The van der Waals surface area contributed by atoms with Gasteiger partial charge in [0.15, 0.2) is 0 Å². The minimum atomic E-state index is -0.127. The topological polar surface area (TPSA) is 72.2 Å². The predicted octanol–water partition coefficient (Wildman–Crippen LogP) is 3.93. The Balaban J connectivity index is 1.74. The fraction of sp³-hybridized carbons (Fsp3) is 0.294. The summed E-state index contributed by atoms with van der Waals surface area (Å²) in [5.74, 6) is 1.12. The standard InChI is InChI=1S/C17H17Cl2N5O/c1-9-13(10(2)24-17(20-9)21-11(3)23-24)5-7-16(25)22-15-6-4-12(18)8-14(15)19/h4,6,8H,5,7H2,1-3H3,(H,22,25). The average Bonchev–Trinajstić information content (AvgIpc) is 2.90. The van der Waals surface area contributed by atoms with Crippen molar-refractivity contribution in [1.29, 1.82) is 0 Å². The van der Waals surface area contributed by atoms with Gasteiger partial charge >= 0.3 is 0 Å². The molecule has 0 atom stereocenters. The molecule has 0 fully saturated rings. The van der Waals surface area contributed by atoms with Gasteiger partial charge in [0.05, 0.1) is 10.7 Å². The number of hydrogen-bond acceptors (Lipinski definition) is 4. The second kappa shape index (κ2) is 6.98. The fourth-order valence-electron chi connectivity index (χ4n) is 2.71. The van der Waals surface area contributed by atoms with Crippen LogP contribution in [0.5, 0.6) is 0 Å². The predicted molar refractivity (Wildman–Crippen MR) is 98.4 cm³/mol. The zero-order valence-corrected chi connectivity index (χ0v) is 15.6. The summed E-state index contributed by atoms with van der Waals surface area (Å²) in [5, 5.41) is 8.08. The number of aryl methyl sites for hydroxylation is 3. The van der Waals surface area contributed by atoms with Crippen molar-refractivity contribution in [1.82, 2.24) is 19.6 Å². The Morgan fingerprint density at radius 3 is 2.68 bits per heavy atom. The van der Waals surface area contributed by atoms with Crippen molar-refractivity contribution in [3.05, 3.63) is 51.0 Å². The first-order valence-corrected chi connectivity index (χ1v) is 8.55. The highest BCUT2D eigenvalue weighted by Crippen LogP contribution is 2.25. The van der Waals surface area contributed by atoms with E-state index in [1.54, 1.807) is 22.7 Å². The zero-order chi connectivity index (χ0) is 18.1. The van der Waals surface area contributed by atoms with E-state index in [4.69, 9.17) is 23.2 Å². The van der Waals surface area contributed by atoms with Crippen molar-refractivity contribution in [2.45, 2.75) is 33.6 Å². The number of carbonyl (C=O) groups excluding carboxylic acids is 1. The van der Waals surface area contributed by atoms with Crippen molar-refractivity contribution in [2.24, 2.45) is 0 Å². The lowest BCUT2D eigenvalue weighted by molar-refractivity contribution is -0.116. The van der Waals surface area contributed by atoms with Gasteiger partial charge in [-0.15, -0.1) is 0 Å². The van der Waals surface area contributed by atoms with Crippen LogP contribution in [0.4, 0.5) is 5.69 Å². The number of aromatic nitrogens is 4. The molecule has 0 spiro atoms. The van der Waals surface area contributed by atoms with E-state index >= 15 is 0 Å². The Bertz CT molecular complexity index is 967. The van der Waals surface area contributed by atoms with Gasteiger partial charge in [0.2, 0.25) is 5.91 Å². The number of anilines is 1. The molecule has 0 unspecified atom stereocenters. The quantitative estimate of drug-likeness (QED) is 0.747. The van der Waals surface area contributed by atoms with Crippen LogP contribution in [0.25, 0.3) is 5.78 Å². The van der Waals surface area contributed by atoms with E-state index in [1.165, 1.54) is 0 Å². The molecule has 6 nitrogen and oxygen atoms in total. The molecule has 0 bridgehead atoms. The molecular formula is C17H17Cl2N5O. The van der Waals surface area contributed by atoms with Crippen molar-refractivity contribution in [3.8, 4) is 0 Å². The number of amides is 1. The van der Waals surface area contributed by atoms with E-state index in [9.17, 15) is 4.79 Å². The van der Waals surface area contributed by atoms with Gasteiger partial charge in [-0.1, -0.05) is 23.2 Å². The monoisotopic (exact) mass is 377 g/mol. The summed E-state index contributed by atoms with van der Waals surface area (Å²) in [5.41, 5.74) is 3.34. The normalized spacial score (nSPS) is 11.1. The molecule has 3 rings (SSSR count). The summed E-state index contributed by atoms with van der Waals surface area (Å²) >= 11 is 11.9. The SMILES string of the molecule is Cc1nc2nc(C)c(CCC(=O)Nc3ccc(Cl)cc3Cl)c(C)n2n1. The maximum Gasteiger partial charge on any atom is 0.252 e. The largest absolute Gasteiger partial charge is 0.325 e. The van der Waals surface area contributed by atoms with Crippen molar-refractivity contribution >= 4 is 40.6 Å². The van der Waals surface area contributed by atoms with Crippen LogP contribution in [0.2, 0.25) is 10.0 Å². The van der Waals surface area contributed by atoms with Crippen LogP contribution in [-0.4, -0.2) is 25.5 Å². The Hall–Kier alpha value is -2.18. The van der Waals surface area contributed by atoms with Gasteiger partial charge in [-0.2, -0.15) is 10.1 Å². The number of carbonyl (C=O) groups is 1. The summed E-state index contributed by atoms with van der Waals surface area (Å²) in [7, 11) is 0. The molecule has 2 heterocycles. The van der Waals surface area contributed by atoms with Gasteiger partial charge < -0.3 is 5.32 Å². The van der Waals surface area contributed by atoms with Gasteiger partial charge in [0.25, 0.3) is 5.78 Å². The first kappa shape index (κ1) is 17.6. The highest BCUT2D eigenvalue weighted by Gasteiger charge is 2.14. The van der Waals surface area contributed by atoms with Crippen molar-refractivity contribution in [3.63, 3.8) is 0 Å². The summed E-state index contributed by atoms with van der Waals surface area (Å²) in [6.07, 6.45) is 0.859. The van der Waals surface area contributed by atoms with Crippen LogP contribution in [-0.2, 0) is 11.2 Å². The van der Waals surface area contributed by atoms with E-state index in [0.29, 0.717) is 40.2 Å². The van der Waals surface area contributed by atoms with Crippen LogP contribution in [0.1, 0.15) is 29.2 Å². The Morgan fingerprint density at radius 1 is 1.20 bits per heavy atom. The number of fused-ring (bicyclic) bond motifs is 1. The molecule has 0 aliphatic heterocycles. The van der Waals surface area contributed by atoms with Crippen molar-refractivity contribution in [2.75, 3.05) is 5.32 Å². The van der Waals surface area contributed by atoms with Crippen LogP contribution in [0.15, 0.2) is 18.2 Å². The van der Waals surface area contributed by atoms with Crippen LogP contribution >= 0.6 is 23.2 Å². The second-order valence-electron chi connectivity index (χ2n) is 5.80. The van der Waals surface area contributed by atoms with Crippen LogP contribution in [0, 0.1) is 20.8 Å². The summed E-state index contributed by atoms with van der Waals surface area (Å²) in [6.45, 7) is 5.70. The second-order valence-corrected chi connectivity index (χ2v) is 6.65. The lowest BCUT2D eigenvalue weighted by Gasteiger charge is -2.11. The summed E-state index contributed by atoms with van der Waals surface area (Å²) in [6, 6.07) is 4.96. The molecule has 25 heavy (non-hydrogen) atoms. The minimum absolute atomic E-state index is 0.127. The molecule has 1 amide bonds. The van der Waals surface area contributed by atoms with E-state index in [0.717, 1.165) is 17.0 Å². The molecule has 130 valence electrons. The molecule has 0 saturated carbocycles. The molecule has 0 radical (unpaired) electrons. The lowest BCUT2D eigenvalue weighted by atomic mass is 10.1. The number of nitrogens with zero attached hydrogens (tertiary/aromatic N) is 4. The fourth-order valence-corrected chi connectivity index (χ4v) is 3.17. The highest BCUT2D eigenvalue weighted by molar-refractivity contribution is 6.36. The third-order valence-electron chi connectivity index (χ3n) is 3.96. The Morgan fingerprint density at radius 2 is 1.96 bits per heavy atom. The number of hydrogen-bond donors (Lipinski definition) is 1. The zero-order valence-electron chi connectivity index (χ0n) is 14.1. The molecular weight excluding hydrogens is 361 g/mol. The first-order chi connectivity index (χ1) is 11.8. The lowest BCUT2D eigenvalue weighted by Crippen LogP contribution is -2.14. The number of halogens is 2. The van der Waals surface area contributed by atoms with Gasteiger partial charge in [-0.3, -0.25) is 4.79 Å². The Kier molecular flexibility index (Phi) is 4.92. The highest BCUT2D eigenvalue weighted by atomic mass is 35.5. The third-order valence-corrected chi connectivity index (χ3v) is 4.51. The van der Waals surface area contributed by atoms with Gasteiger partial charge in [-0.25, -0.2) is 9.50 Å². The summed E-state index contributed by atoms with van der Waals surface area (Å²) < 4.78 is 1.71. The maximum absolute atomic E-state index is 12.3. The smallest absolute Gasteiger partial charge is 0.252 e. The van der Waals surface area contributed by atoms with Gasteiger partial charge in [-0.05, 0) is 51.0 Å². The maximum atomic E-state index is 12.3. The average molecular weight is 378 g/mol.